The Labute approximate surface area is 146 Å². The topological polar surface area (TPSA) is 93.5 Å². The average molecular weight is 343 g/mol. The van der Waals surface area contributed by atoms with Crippen LogP contribution in [-0.2, 0) is 6.54 Å². The molecule has 0 heterocycles. The van der Waals surface area contributed by atoms with Gasteiger partial charge in [-0.05, 0) is 44.0 Å². The number of carbonyl (C=O) groups is 1. The third-order valence-corrected chi connectivity index (χ3v) is 3.43. The fourth-order valence-corrected chi connectivity index (χ4v) is 2.17. The predicted molar refractivity (Wildman–Crippen MR) is 95.9 cm³/mol. The minimum absolute atomic E-state index is 0.0679. The number of amides is 2. The Balaban J connectivity index is 1.92. The van der Waals surface area contributed by atoms with Crippen molar-refractivity contribution in [3.8, 4) is 5.75 Å². The van der Waals surface area contributed by atoms with Crippen molar-refractivity contribution in [3.05, 3.63) is 63.7 Å². The molecule has 0 radical (unpaired) electrons. The summed E-state index contributed by atoms with van der Waals surface area (Å²) < 4.78 is 5.56. The van der Waals surface area contributed by atoms with Gasteiger partial charge >= 0.3 is 6.03 Å². The van der Waals surface area contributed by atoms with Gasteiger partial charge in [-0.25, -0.2) is 4.79 Å². The molecule has 0 unspecified atom stereocenters. The van der Waals surface area contributed by atoms with Crippen LogP contribution in [0.25, 0.3) is 0 Å². The number of urea groups is 1. The van der Waals surface area contributed by atoms with E-state index in [4.69, 9.17) is 4.74 Å². The van der Waals surface area contributed by atoms with E-state index in [1.54, 1.807) is 13.0 Å². The first-order valence-corrected chi connectivity index (χ1v) is 7.90. The van der Waals surface area contributed by atoms with Crippen molar-refractivity contribution < 1.29 is 14.5 Å². The quantitative estimate of drug-likeness (QED) is 0.612. The van der Waals surface area contributed by atoms with Crippen molar-refractivity contribution >= 4 is 17.4 Å². The molecular weight excluding hydrogens is 322 g/mol. The smallest absolute Gasteiger partial charge is 0.319 e. The second kappa shape index (κ2) is 8.14. The Kier molecular flexibility index (Phi) is 5.94. The molecule has 2 aromatic rings. The van der Waals surface area contributed by atoms with Gasteiger partial charge in [0, 0.05) is 18.7 Å². The molecule has 2 rings (SSSR count). The van der Waals surface area contributed by atoms with E-state index in [-0.39, 0.29) is 11.8 Å². The standard InChI is InChI=1S/C18H21N3O4/c1-12(2)25-16-8-5-14(6-9-16)11-19-18(22)20-17-10-15(21(23)24)7-4-13(17)3/h4-10,12H,11H2,1-3H3,(H2,19,20,22). The van der Waals surface area contributed by atoms with Crippen molar-refractivity contribution in [1.29, 1.82) is 0 Å². The summed E-state index contributed by atoms with van der Waals surface area (Å²) in [6.07, 6.45) is 0.105. The van der Waals surface area contributed by atoms with Crippen LogP contribution in [0.5, 0.6) is 5.75 Å². The zero-order valence-electron chi connectivity index (χ0n) is 14.4. The number of benzene rings is 2. The monoisotopic (exact) mass is 343 g/mol. The number of nitrogens with zero attached hydrogens (tertiary/aromatic N) is 1. The molecule has 2 N–H and O–H groups in total. The van der Waals surface area contributed by atoms with Gasteiger partial charge in [0.15, 0.2) is 0 Å². The maximum Gasteiger partial charge on any atom is 0.319 e. The lowest BCUT2D eigenvalue weighted by atomic mass is 10.2. The van der Waals surface area contributed by atoms with Crippen LogP contribution >= 0.6 is 0 Å². The molecule has 0 atom stereocenters. The molecule has 0 saturated heterocycles. The van der Waals surface area contributed by atoms with Crippen molar-refractivity contribution in [2.45, 2.75) is 33.4 Å². The largest absolute Gasteiger partial charge is 0.491 e. The lowest BCUT2D eigenvalue weighted by Gasteiger charge is -2.11. The number of hydrogen-bond acceptors (Lipinski definition) is 4. The molecule has 0 aliphatic carbocycles. The molecule has 132 valence electrons. The lowest BCUT2D eigenvalue weighted by Crippen LogP contribution is -2.28. The van der Waals surface area contributed by atoms with Crippen molar-refractivity contribution in [1.82, 2.24) is 5.32 Å². The van der Waals surface area contributed by atoms with E-state index in [1.165, 1.54) is 12.1 Å². The van der Waals surface area contributed by atoms with Gasteiger partial charge in [-0.3, -0.25) is 10.1 Å². The summed E-state index contributed by atoms with van der Waals surface area (Å²) in [5.74, 6) is 0.774. The number of nitrogens with one attached hydrogen (secondary N) is 2. The van der Waals surface area contributed by atoms with Crippen LogP contribution in [0.1, 0.15) is 25.0 Å². The number of anilines is 1. The molecule has 0 fully saturated rings. The molecule has 7 nitrogen and oxygen atoms in total. The number of hydrogen-bond donors (Lipinski definition) is 2. The summed E-state index contributed by atoms with van der Waals surface area (Å²) in [4.78, 5) is 22.3. The third-order valence-electron chi connectivity index (χ3n) is 3.43. The van der Waals surface area contributed by atoms with Crippen molar-refractivity contribution in [2.75, 3.05) is 5.32 Å². The van der Waals surface area contributed by atoms with Crippen molar-refractivity contribution in [2.24, 2.45) is 0 Å². The number of rotatable bonds is 6. The third kappa shape index (κ3) is 5.49. The number of non-ortho nitro benzene ring substituents is 1. The van der Waals surface area contributed by atoms with Gasteiger partial charge in [-0.1, -0.05) is 18.2 Å². The normalized spacial score (nSPS) is 10.4. The highest BCUT2D eigenvalue weighted by Gasteiger charge is 2.11. The second-order valence-corrected chi connectivity index (χ2v) is 5.87. The predicted octanol–water partition coefficient (Wildman–Crippen LogP) is 4.01. The van der Waals surface area contributed by atoms with Crippen LogP contribution in [0.15, 0.2) is 42.5 Å². The van der Waals surface area contributed by atoms with E-state index in [2.05, 4.69) is 10.6 Å². The number of aryl methyl sites for hydroxylation is 1. The highest BCUT2D eigenvalue weighted by Crippen LogP contribution is 2.21. The number of ether oxygens (including phenoxy) is 1. The van der Waals surface area contributed by atoms with Crippen LogP contribution < -0.4 is 15.4 Å². The average Bonchev–Trinajstić information content (AvgIpc) is 2.55. The summed E-state index contributed by atoms with van der Waals surface area (Å²) in [6, 6.07) is 11.4. The Morgan fingerprint density at radius 1 is 1.20 bits per heavy atom. The summed E-state index contributed by atoms with van der Waals surface area (Å²) in [6.45, 7) is 6.01. The van der Waals surface area contributed by atoms with Crippen LogP contribution in [-0.4, -0.2) is 17.1 Å². The van der Waals surface area contributed by atoms with Gasteiger partial charge in [0.2, 0.25) is 0 Å². The lowest BCUT2D eigenvalue weighted by molar-refractivity contribution is -0.384. The first kappa shape index (κ1) is 18.3. The Hall–Kier alpha value is -3.09. The maximum atomic E-state index is 12.0. The SMILES string of the molecule is Cc1ccc([N+](=O)[O-])cc1NC(=O)NCc1ccc(OC(C)C)cc1. The van der Waals surface area contributed by atoms with E-state index in [1.807, 2.05) is 38.1 Å². The molecule has 0 aliphatic heterocycles. The summed E-state index contributed by atoms with van der Waals surface area (Å²) in [5.41, 5.74) is 2.01. The highest BCUT2D eigenvalue weighted by atomic mass is 16.6. The van der Waals surface area contributed by atoms with E-state index in [0.717, 1.165) is 16.9 Å². The number of nitro benzene ring substituents is 1. The Morgan fingerprint density at radius 3 is 2.48 bits per heavy atom. The van der Waals surface area contributed by atoms with Crippen LogP contribution in [0, 0.1) is 17.0 Å². The van der Waals surface area contributed by atoms with Gasteiger partial charge in [0.05, 0.1) is 16.7 Å². The molecule has 7 heteroatoms. The van der Waals surface area contributed by atoms with Gasteiger partial charge in [0.1, 0.15) is 5.75 Å². The van der Waals surface area contributed by atoms with Gasteiger partial charge in [-0.15, -0.1) is 0 Å². The number of carbonyl (C=O) groups excluding carboxylic acids is 1. The minimum atomic E-state index is -0.497. The van der Waals surface area contributed by atoms with Crippen LogP contribution in [0.3, 0.4) is 0 Å². The van der Waals surface area contributed by atoms with Crippen LogP contribution in [0.2, 0.25) is 0 Å². The number of nitro groups is 1. The Bertz CT molecular complexity index is 757. The highest BCUT2D eigenvalue weighted by molar-refractivity contribution is 5.90. The fraction of sp³-hybridized carbons (Fsp3) is 0.278. The molecule has 0 aliphatic rings. The summed E-state index contributed by atoms with van der Waals surface area (Å²) in [7, 11) is 0. The first-order valence-electron chi connectivity index (χ1n) is 7.90. The Morgan fingerprint density at radius 2 is 1.88 bits per heavy atom. The van der Waals surface area contributed by atoms with Crippen molar-refractivity contribution in [3.63, 3.8) is 0 Å². The van der Waals surface area contributed by atoms with E-state index >= 15 is 0 Å². The van der Waals surface area contributed by atoms with Gasteiger partial charge in [0.25, 0.3) is 5.69 Å². The molecular formula is C18H21N3O4. The van der Waals surface area contributed by atoms with Crippen LogP contribution in [0.4, 0.5) is 16.2 Å². The molecule has 25 heavy (non-hydrogen) atoms. The summed E-state index contributed by atoms with van der Waals surface area (Å²) >= 11 is 0. The molecule has 0 spiro atoms. The first-order chi connectivity index (χ1) is 11.8. The molecule has 0 bridgehead atoms. The van der Waals surface area contributed by atoms with E-state index in [0.29, 0.717) is 12.2 Å². The molecule has 2 aromatic carbocycles. The zero-order chi connectivity index (χ0) is 18.4. The van der Waals surface area contributed by atoms with E-state index in [9.17, 15) is 14.9 Å². The maximum absolute atomic E-state index is 12.0. The zero-order valence-corrected chi connectivity index (χ0v) is 14.4. The van der Waals surface area contributed by atoms with Gasteiger partial charge in [-0.2, -0.15) is 0 Å². The van der Waals surface area contributed by atoms with E-state index < -0.39 is 11.0 Å². The summed E-state index contributed by atoms with van der Waals surface area (Å²) in [5, 5.41) is 16.2. The van der Waals surface area contributed by atoms with Gasteiger partial charge < -0.3 is 15.4 Å². The second-order valence-electron chi connectivity index (χ2n) is 5.87. The minimum Gasteiger partial charge on any atom is -0.491 e. The molecule has 0 saturated carbocycles. The fourth-order valence-electron chi connectivity index (χ4n) is 2.17. The molecule has 2 amide bonds. The molecule has 0 aromatic heterocycles.